The van der Waals surface area contributed by atoms with Gasteiger partial charge >= 0.3 is 0 Å². The molecule has 0 atom stereocenters. The summed E-state index contributed by atoms with van der Waals surface area (Å²) >= 11 is 0. The van der Waals surface area contributed by atoms with E-state index >= 15 is 0 Å². The maximum atomic E-state index is 4.37. The molecule has 1 aromatic heterocycles. The van der Waals surface area contributed by atoms with Gasteiger partial charge in [-0.25, -0.2) is 0 Å². The molecule has 0 aliphatic rings. The predicted molar refractivity (Wildman–Crippen MR) is 89.2 cm³/mol. The number of hydrogen-bond acceptors (Lipinski definition) is 2. The molecular formula is C19H20N2. The van der Waals surface area contributed by atoms with Gasteiger partial charge in [-0.15, -0.1) is 0 Å². The van der Waals surface area contributed by atoms with Crippen molar-refractivity contribution in [2.75, 3.05) is 0 Å². The van der Waals surface area contributed by atoms with Crippen LogP contribution in [0.5, 0.6) is 0 Å². The minimum atomic E-state index is 0.500. The zero-order valence-corrected chi connectivity index (χ0v) is 12.5. The highest BCUT2D eigenvalue weighted by Crippen LogP contribution is 2.24. The van der Waals surface area contributed by atoms with Crippen molar-refractivity contribution >= 4 is 10.9 Å². The van der Waals surface area contributed by atoms with E-state index in [4.69, 9.17) is 0 Å². The van der Waals surface area contributed by atoms with Crippen molar-refractivity contribution in [1.82, 2.24) is 10.3 Å². The van der Waals surface area contributed by atoms with Crippen molar-refractivity contribution in [1.29, 1.82) is 0 Å². The van der Waals surface area contributed by atoms with Crippen LogP contribution in [0.25, 0.3) is 22.0 Å². The van der Waals surface area contributed by atoms with Crippen LogP contribution in [-0.4, -0.2) is 11.0 Å². The maximum absolute atomic E-state index is 4.37. The summed E-state index contributed by atoms with van der Waals surface area (Å²) in [5.74, 6) is 0. The number of nitrogens with zero attached hydrogens (tertiary/aromatic N) is 1. The average Bonchev–Trinajstić information content (AvgIpc) is 2.53. The number of hydrogen-bond donors (Lipinski definition) is 1. The van der Waals surface area contributed by atoms with Crippen molar-refractivity contribution in [3.63, 3.8) is 0 Å². The van der Waals surface area contributed by atoms with E-state index in [2.05, 4.69) is 72.7 Å². The van der Waals surface area contributed by atoms with Crippen molar-refractivity contribution in [2.24, 2.45) is 0 Å². The molecule has 0 amide bonds. The Labute approximate surface area is 125 Å². The number of nitrogens with one attached hydrogen (secondary N) is 1. The molecule has 1 N–H and O–H groups in total. The summed E-state index contributed by atoms with van der Waals surface area (Å²) in [5.41, 5.74) is 4.84. The molecule has 3 rings (SSSR count). The van der Waals surface area contributed by atoms with E-state index in [1.54, 1.807) is 0 Å². The third kappa shape index (κ3) is 3.29. The lowest BCUT2D eigenvalue weighted by atomic mass is 10.0. The molecule has 0 bridgehead atoms. The largest absolute Gasteiger partial charge is 0.310 e. The predicted octanol–water partition coefficient (Wildman–Crippen LogP) is 4.40. The van der Waals surface area contributed by atoms with Crippen LogP contribution < -0.4 is 5.32 Å². The molecule has 0 saturated carbocycles. The molecule has 0 fully saturated rings. The quantitative estimate of drug-likeness (QED) is 0.764. The zero-order valence-electron chi connectivity index (χ0n) is 12.5. The molecular weight excluding hydrogens is 256 g/mol. The number of pyridine rings is 1. The summed E-state index contributed by atoms with van der Waals surface area (Å²) in [6.07, 6.45) is 1.83. The van der Waals surface area contributed by atoms with E-state index in [0.717, 1.165) is 12.1 Å². The van der Waals surface area contributed by atoms with E-state index in [1.165, 1.54) is 22.1 Å². The summed E-state index contributed by atoms with van der Waals surface area (Å²) < 4.78 is 0. The van der Waals surface area contributed by atoms with E-state index in [9.17, 15) is 0 Å². The van der Waals surface area contributed by atoms with Crippen LogP contribution in [0.2, 0.25) is 0 Å². The van der Waals surface area contributed by atoms with E-state index in [-0.39, 0.29) is 0 Å². The van der Waals surface area contributed by atoms with Gasteiger partial charge in [0.05, 0.1) is 5.52 Å². The first-order chi connectivity index (χ1) is 10.2. The molecule has 2 nitrogen and oxygen atoms in total. The minimum absolute atomic E-state index is 0.500. The van der Waals surface area contributed by atoms with Crippen LogP contribution in [0, 0.1) is 0 Å². The molecule has 21 heavy (non-hydrogen) atoms. The summed E-state index contributed by atoms with van der Waals surface area (Å²) in [6.45, 7) is 5.24. The molecule has 0 unspecified atom stereocenters. The summed E-state index contributed by atoms with van der Waals surface area (Å²) in [5, 5.41) is 4.64. The molecule has 0 aliphatic heterocycles. The molecule has 106 valence electrons. The Hall–Kier alpha value is -2.19. The highest BCUT2D eigenvalue weighted by atomic mass is 14.9. The lowest BCUT2D eigenvalue weighted by Crippen LogP contribution is -2.21. The Balaban J connectivity index is 1.92. The second-order valence-electron chi connectivity index (χ2n) is 5.65. The van der Waals surface area contributed by atoms with Crippen molar-refractivity contribution < 1.29 is 0 Å². The summed E-state index contributed by atoms with van der Waals surface area (Å²) in [4.78, 5) is 4.37. The van der Waals surface area contributed by atoms with Crippen LogP contribution in [0.15, 0.2) is 60.8 Å². The van der Waals surface area contributed by atoms with Gasteiger partial charge in [0.2, 0.25) is 0 Å². The average molecular weight is 276 g/mol. The molecule has 0 saturated heterocycles. The van der Waals surface area contributed by atoms with E-state index in [0.29, 0.717) is 6.04 Å². The first kappa shape index (κ1) is 13.8. The Kier molecular flexibility index (Phi) is 3.98. The number of benzene rings is 2. The standard InChI is InChI=1S/C19H20N2/c1-14(2)21-13-15-5-3-6-16(11-15)17-8-9-19-18(12-17)7-4-10-20-19/h3-12,14,21H,13H2,1-2H3. The highest BCUT2D eigenvalue weighted by molar-refractivity contribution is 5.84. The normalized spacial score (nSPS) is 11.2. The fraction of sp³-hybridized carbons (Fsp3) is 0.211. The molecule has 1 heterocycles. The van der Waals surface area contributed by atoms with Gasteiger partial charge in [0.25, 0.3) is 0 Å². The van der Waals surface area contributed by atoms with Crippen molar-refractivity contribution in [2.45, 2.75) is 26.4 Å². The second kappa shape index (κ2) is 6.06. The zero-order chi connectivity index (χ0) is 14.7. The topological polar surface area (TPSA) is 24.9 Å². The molecule has 2 aromatic carbocycles. The summed E-state index contributed by atoms with van der Waals surface area (Å²) in [6, 6.07) is 19.7. The third-order valence-electron chi connectivity index (χ3n) is 3.58. The molecule has 3 aromatic rings. The van der Waals surface area contributed by atoms with E-state index in [1.807, 2.05) is 12.3 Å². The van der Waals surface area contributed by atoms with E-state index < -0.39 is 0 Å². The van der Waals surface area contributed by atoms with Crippen molar-refractivity contribution in [3.8, 4) is 11.1 Å². The van der Waals surface area contributed by atoms with Gasteiger partial charge in [-0.3, -0.25) is 4.98 Å². The lowest BCUT2D eigenvalue weighted by Gasteiger charge is -2.10. The minimum Gasteiger partial charge on any atom is -0.310 e. The Morgan fingerprint density at radius 2 is 1.81 bits per heavy atom. The van der Waals surface area contributed by atoms with Crippen molar-refractivity contribution in [3.05, 3.63) is 66.4 Å². The van der Waals surface area contributed by atoms with Crippen LogP contribution >= 0.6 is 0 Å². The van der Waals surface area contributed by atoms with Crippen LogP contribution in [-0.2, 0) is 6.54 Å². The maximum Gasteiger partial charge on any atom is 0.0702 e. The molecule has 0 aliphatic carbocycles. The van der Waals surface area contributed by atoms with Gasteiger partial charge in [0, 0.05) is 24.2 Å². The second-order valence-corrected chi connectivity index (χ2v) is 5.65. The Bertz CT molecular complexity index is 747. The molecule has 0 radical (unpaired) electrons. The fourth-order valence-electron chi connectivity index (χ4n) is 2.44. The third-order valence-corrected chi connectivity index (χ3v) is 3.58. The monoisotopic (exact) mass is 276 g/mol. The van der Waals surface area contributed by atoms with Crippen LogP contribution in [0.3, 0.4) is 0 Å². The van der Waals surface area contributed by atoms with Gasteiger partial charge in [0.1, 0.15) is 0 Å². The SMILES string of the molecule is CC(C)NCc1cccc(-c2ccc3ncccc3c2)c1. The highest BCUT2D eigenvalue weighted by Gasteiger charge is 2.02. The first-order valence-corrected chi connectivity index (χ1v) is 7.40. The van der Waals surface area contributed by atoms with Gasteiger partial charge in [-0.2, -0.15) is 0 Å². The van der Waals surface area contributed by atoms with Gasteiger partial charge in [-0.1, -0.05) is 44.2 Å². The number of aromatic nitrogens is 1. The number of rotatable bonds is 4. The lowest BCUT2D eigenvalue weighted by molar-refractivity contribution is 0.589. The van der Waals surface area contributed by atoms with Gasteiger partial charge in [0.15, 0.2) is 0 Å². The van der Waals surface area contributed by atoms with Gasteiger partial charge in [-0.05, 0) is 41.0 Å². The van der Waals surface area contributed by atoms with Crippen LogP contribution in [0.1, 0.15) is 19.4 Å². The Morgan fingerprint density at radius 3 is 2.67 bits per heavy atom. The Morgan fingerprint density at radius 1 is 0.952 bits per heavy atom. The van der Waals surface area contributed by atoms with Gasteiger partial charge < -0.3 is 5.32 Å². The van der Waals surface area contributed by atoms with Crippen LogP contribution in [0.4, 0.5) is 0 Å². The smallest absolute Gasteiger partial charge is 0.0702 e. The molecule has 2 heteroatoms. The first-order valence-electron chi connectivity index (χ1n) is 7.40. The number of fused-ring (bicyclic) bond motifs is 1. The summed E-state index contributed by atoms with van der Waals surface area (Å²) in [7, 11) is 0. The fourth-order valence-corrected chi connectivity index (χ4v) is 2.44. The molecule has 0 spiro atoms.